The molecule has 1 amide bonds. The van der Waals surface area contributed by atoms with Crippen molar-refractivity contribution in [2.24, 2.45) is 11.7 Å². The Morgan fingerprint density at radius 3 is 2.64 bits per heavy atom. The van der Waals surface area contributed by atoms with Gasteiger partial charge in [-0.1, -0.05) is 30.7 Å². The molecular formula is C16H22Cl2FN5O. The molecule has 9 heteroatoms. The standard InChI is InChI=1S/C16H21ClFN5O.ClH/c1-9(2)16(4,8-19)20-15(24)14-10(3)23(22-21-14)11-5-6-13(18)12(17)7-11;/h5-7,9H,8,19H2,1-4H3,(H,20,24);1H. The zero-order valence-electron chi connectivity index (χ0n) is 14.5. The molecule has 3 N–H and O–H groups in total. The third kappa shape index (κ3) is 4.29. The van der Waals surface area contributed by atoms with Crippen LogP contribution in [0.4, 0.5) is 4.39 Å². The number of aromatic nitrogens is 3. The molecule has 2 aromatic rings. The van der Waals surface area contributed by atoms with Crippen LogP contribution in [0, 0.1) is 18.7 Å². The van der Waals surface area contributed by atoms with Gasteiger partial charge < -0.3 is 11.1 Å². The second kappa shape index (κ2) is 8.12. The van der Waals surface area contributed by atoms with Crippen molar-refractivity contribution in [1.82, 2.24) is 20.3 Å². The number of nitrogens with zero attached hydrogens (tertiary/aromatic N) is 3. The number of carbonyl (C=O) groups excluding carboxylic acids is 1. The van der Waals surface area contributed by atoms with Crippen LogP contribution in [-0.4, -0.2) is 33.0 Å². The summed E-state index contributed by atoms with van der Waals surface area (Å²) in [6, 6.07) is 4.18. The van der Waals surface area contributed by atoms with Gasteiger partial charge >= 0.3 is 0 Å². The third-order valence-corrected chi connectivity index (χ3v) is 4.64. The van der Waals surface area contributed by atoms with Gasteiger partial charge in [-0.25, -0.2) is 9.07 Å². The monoisotopic (exact) mass is 389 g/mol. The summed E-state index contributed by atoms with van der Waals surface area (Å²) in [5, 5.41) is 10.8. The van der Waals surface area contributed by atoms with Crippen molar-refractivity contribution in [3.63, 3.8) is 0 Å². The number of carbonyl (C=O) groups is 1. The lowest BCUT2D eigenvalue weighted by Crippen LogP contribution is -2.55. The quantitative estimate of drug-likeness (QED) is 0.822. The average Bonchev–Trinajstić information content (AvgIpc) is 2.91. The second-order valence-corrected chi connectivity index (χ2v) is 6.67. The van der Waals surface area contributed by atoms with Crippen LogP contribution in [0.15, 0.2) is 18.2 Å². The molecule has 0 saturated heterocycles. The Labute approximate surface area is 157 Å². The van der Waals surface area contributed by atoms with Crippen LogP contribution in [0.5, 0.6) is 0 Å². The first-order valence-corrected chi connectivity index (χ1v) is 7.97. The minimum absolute atomic E-state index is 0. The first-order chi connectivity index (χ1) is 11.2. The molecule has 0 aliphatic heterocycles. The predicted octanol–water partition coefficient (Wildman–Crippen LogP) is 2.89. The summed E-state index contributed by atoms with van der Waals surface area (Å²) in [7, 11) is 0. The number of amides is 1. The van der Waals surface area contributed by atoms with E-state index in [1.165, 1.54) is 22.9 Å². The zero-order chi connectivity index (χ0) is 18.1. The fraction of sp³-hybridized carbons (Fsp3) is 0.438. The molecule has 1 aromatic carbocycles. The molecule has 0 aliphatic carbocycles. The van der Waals surface area contributed by atoms with E-state index in [2.05, 4.69) is 15.6 Å². The lowest BCUT2D eigenvalue weighted by molar-refractivity contribution is 0.0877. The van der Waals surface area contributed by atoms with Crippen LogP contribution < -0.4 is 11.1 Å². The van der Waals surface area contributed by atoms with Crippen LogP contribution in [0.1, 0.15) is 37.0 Å². The molecule has 0 spiro atoms. The number of hydrogen-bond donors (Lipinski definition) is 2. The van der Waals surface area contributed by atoms with E-state index in [9.17, 15) is 9.18 Å². The Hall–Kier alpha value is -1.70. The van der Waals surface area contributed by atoms with Crippen molar-refractivity contribution in [2.45, 2.75) is 33.2 Å². The second-order valence-electron chi connectivity index (χ2n) is 6.26. The highest BCUT2D eigenvalue weighted by Gasteiger charge is 2.30. The van der Waals surface area contributed by atoms with Crippen molar-refractivity contribution in [3.8, 4) is 5.69 Å². The maximum absolute atomic E-state index is 13.3. The molecule has 0 fully saturated rings. The van der Waals surface area contributed by atoms with Gasteiger partial charge in [0.1, 0.15) is 5.82 Å². The highest BCUT2D eigenvalue weighted by molar-refractivity contribution is 6.30. The summed E-state index contributed by atoms with van der Waals surface area (Å²) in [5.74, 6) is -0.724. The minimum atomic E-state index is -0.549. The summed E-state index contributed by atoms with van der Waals surface area (Å²) >= 11 is 5.80. The van der Waals surface area contributed by atoms with Gasteiger partial charge in [0.15, 0.2) is 5.69 Å². The maximum atomic E-state index is 13.3. The molecule has 2 rings (SSSR count). The van der Waals surface area contributed by atoms with Crippen LogP contribution in [-0.2, 0) is 0 Å². The van der Waals surface area contributed by atoms with Crippen LogP contribution in [0.2, 0.25) is 5.02 Å². The van der Waals surface area contributed by atoms with Gasteiger partial charge in [0.25, 0.3) is 5.91 Å². The number of halogens is 3. The van der Waals surface area contributed by atoms with E-state index in [4.69, 9.17) is 17.3 Å². The molecule has 1 atom stereocenters. The van der Waals surface area contributed by atoms with Gasteiger partial charge in [-0.15, -0.1) is 17.5 Å². The van der Waals surface area contributed by atoms with Gasteiger partial charge in [-0.3, -0.25) is 4.79 Å². The van der Waals surface area contributed by atoms with E-state index < -0.39 is 11.4 Å². The fourth-order valence-corrected chi connectivity index (χ4v) is 2.33. The van der Waals surface area contributed by atoms with Crippen molar-refractivity contribution in [1.29, 1.82) is 0 Å². The maximum Gasteiger partial charge on any atom is 0.274 e. The normalized spacial score (nSPS) is 13.3. The Morgan fingerprint density at radius 2 is 2.12 bits per heavy atom. The smallest absolute Gasteiger partial charge is 0.274 e. The molecule has 1 unspecified atom stereocenters. The molecule has 1 aromatic heterocycles. The molecule has 0 bridgehead atoms. The molecule has 1 heterocycles. The SMILES string of the molecule is Cc1c(C(=O)NC(C)(CN)C(C)C)nnn1-c1ccc(F)c(Cl)c1.Cl. The summed E-state index contributed by atoms with van der Waals surface area (Å²) in [4.78, 5) is 12.5. The van der Waals surface area contributed by atoms with Crippen molar-refractivity contribution < 1.29 is 9.18 Å². The van der Waals surface area contributed by atoms with Crippen molar-refractivity contribution >= 4 is 29.9 Å². The average molecular weight is 390 g/mol. The van der Waals surface area contributed by atoms with Gasteiger partial charge in [0.2, 0.25) is 0 Å². The summed E-state index contributed by atoms with van der Waals surface area (Å²) in [6.45, 7) is 7.86. The molecule has 0 radical (unpaired) electrons. The van der Waals surface area contributed by atoms with Gasteiger partial charge in [0, 0.05) is 6.54 Å². The lowest BCUT2D eigenvalue weighted by atomic mass is 9.88. The summed E-state index contributed by atoms with van der Waals surface area (Å²) in [6.07, 6.45) is 0. The fourth-order valence-electron chi connectivity index (χ4n) is 2.15. The van der Waals surface area contributed by atoms with Crippen LogP contribution >= 0.6 is 24.0 Å². The molecule has 0 aliphatic rings. The molecule has 138 valence electrons. The Morgan fingerprint density at radius 1 is 1.48 bits per heavy atom. The van der Waals surface area contributed by atoms with Gasteiger partial charge in [-0.05, 0) is 38.0 Å². The molecule has 0 saturated carbocycles. The highest BCUT2D eigenvalue weighted by atomic mass is 35.5. The summed E-state index contributed by atoms with van der Waals surface area (Å²) in [5.41, 5.74) is 6.48. The highest BCUT2D eigenvalue weighted by Crippen LogP contribution is 2.21. The number of hydrogen-bond acceptors (Lipinski definition) is 4. The first kappa shape index (κ1) is 21.3. The van der Waals surface area contributed by atoms with Gasteiger partial charge in [-0.2, -0.15) is 0 Å². The lowest BCUT2D eigenvalue weighted by Gasteiger charge is -2.33. The van der Waals surface area contributed by atoms with Crippen molar-refractivity contribution in [3.05, 3.63) is 40.4 Å². The molecular weight excluding hydrogens is 368 g/mol. The van der Waals surface area contributed by atoms with Crippen LogP contribution in [0.3, 0.4) is 0 Å². The van der Waals surface area contributed by atoms with E-state index in [0.29, 0.717) is 17.9 Å². The predicted molar refractivity (Wildman–Crippen MR) is 98.1 cm³/mol. The number of nitrogens with one attached hydrogen (secondary N) is 1. The van der Waals surface area contributed by atoms with E-state index in [1.54, 1.807) is 6.92 Å². The zero-order valence-corrected chi connectivity index (χ0v) is 16.1. The van der Waals surface area contributed by atoms with E-state index in [-0.39, 0.29) is 34.9 Å². The third-order valence-electron chi connectivity index (χ3n) is 4.35. The first-order valence-electron chi connectivity index (χ1n) is 7.60. The number of nitrogens with two attached hydrogens (primary N) is 1. The largest absolute Gasteiger partial charge is 0.344 e. The number of rotatable bonds is 5. The Kier molecular flexibility index (Phi) is 6.93. The molecule has 25 heavy (non-hydrogen) atoms. The minimum Gasteiger partial charge on any atom is -0.344 e. The summed E-state index contributed by atoms with van der Waals surface area (Å²) < 4.78 is 14.7. The Bertz CT molecular complexity index is 765. The molecule has 6 nitrogen and oxygen atoms in total. The van der Waals surface area contributed by atoms with Crippen molar-refractivity contribution in [2.75, 3.05) is 6.54 Å². The topological polar surface area (TPSA) is 85.8 Å². The van der Waals surface area contributed by atoms with E-state index in [0.717, 1.165) is 0 Å². The number of benzene rings is 1. The van der Waals surface area contributed by atoms with Gasteiger partial charge in [0.05, 0.1) is 21.9 Å². The van der Waals surface area contributed by atoms with E-state index >= 15 is 0 Å². The Balaban J connectivity index is 0.00000312. The van der Waals surface area contributed by atoms with E-state index in [1.807, 2.05) is 20.8 Å². The van der Waals surface area contributed by atoms with Crippen LogP contribution in [0.25, 0.3) is 5.69 Å².